The molecule has 0 spiro atoms. The normalized spacial score (nSPS) is 18.7. The number of nitrogens with zero attached hydrogens (tertiary/aromatic N) is 4. The molecule has 0 aromatic heterocycles. The van der Waals surface area contributed by atoms with Crippen LogP contribution in [0.3, 0.4) is 0 Å². The zero-order valence-electron chi connectivity index (χ0n) is 38.1. The molecule has 0 bridgehead atoms. The van der Waals surface area contributed by atoms with Crippen molar-refractivity contribution in [3.63, 3.8) is 0 Å². The first-order chi connectivity index (χ1) is 31.5. The second kappa shape index (κ2) is 20.6. The Labute approximate surface area is 390 Å². The van der Waals surface area contributed by atoms with Crippen LogP contribution in [-0.2, 0) is 81.0 Å². The summed E-state index contributed by atoms with van der Waals surface area (Å²) < 4.78 is 68.5. The zero-order chi connectivity index (χ0) is 48.9. The third-order valence-corrected chi connectivity index (χ3v) is 13.7. The van der Waals surface area contributed by atoms with Crippen LogP contribution < -0.4 is 4.90 Å². The Balaban J connectivity index is 1.18. The lowest BCUT2D eigenvalue weighted by Gasteiger charge is -2.27. The van der Waals surface area contributed by atoms with Gasteiger partial charge in [0.1, 0.15) is 18.1 Å². The van der Waals surface area contributed by atoms with Crippen LogP contribution in [0, 0.1) is 0 Å². The van der Waals surface area contributed by atoms with Crippen LogP contribution >= 0.6 is 0 Å². The summed E-state index contributed by atoms with van der Waals surface area (Å²) in [5, 5.41) is 1.08. The minimum absolute atomic E-state index is 0.0103. The predicted octanol–water partition coefficient (Wildman–Crippen LogP) is 5.97. The quantitative estimate of drug-likeness (QED) is 0.0482. The van der Waals surface area contributed by atoms with Gasteiger partial charge in [-0.1, -0.05) is 56.7 Å². The SMILES string of the molecule is CC1(C)C(/C=C/C=C/C=C2/N(CCCCCC(=O)ON3C(=O)CCC3=O)c3ccc(CS(=O)(=O)O)cc3C2(C)C)=[N+](CCCCCC(=O)ON2C(=O)CCC2=O)c2ccc(CS(=O)(=O)O)cc21. The number of carbonyl (C=O) groups excluding carboxylic acids is 6. The molecule has 0 atom stereocenters. The van der Waals surface area contributed by atoms with E-state index in [0.717, 1.165) is 33.9 Å². The van der Waals surface area contributed by atoms with Gasteiger partial charge in [-0.25, -0.2) is 9.59 Å². The van der Waals surface area contributed by atoms with Gasteiger partial charge in [-0.15, -0.1) is 10.1 Å². The Morgan fingerprint density at radius 3 is 1.70 bits per heavy atom. The second-order valence-corrected chi connectivity index (χ2v) is 21.0. The van der Waals surface area contributed by atoms with Crippen molar-refractivity contribution in [1.82, 2.24) is 10.1 Å². The molecule has 2 fully saturated rings. The molecule has 4 amide bonds. The lowest BCUT2D eigenvalue weighted by Crippen LogP contribution is -2.32. The molecule has 18 nitrogen and oxygen atoms in total. The van der Waals surface area contributed by atoms with Gasteiger partial charge < -0.3 is 14.6 Å². The van der Waals surface area contributed by atoms with Gasteiger partial charge in [0, 0.05) is 86.0 Å². The average molecular weight is 966 g/mol. The third kappa shape index (κ3) is 12.4. The van der Waals surface area contributed by atoms with Crippen molar-refractivity contribution in [3.8, 4) is 0 Å². The topological polar surface area (TPSA) is 242 Å². The first-order valence-corrected chi connectivity index (χ1v) is 25.5. The van der Waals surface area contributed by atoms with Crippen LogP contribution in [0.1, 0.15) is 127 Å². The highest BCUT2D eigenvalue weighted by Gasteiger charge is 2.45. The number of rotatable bonds is 21. The van der Waals surface area contributed by atoms with E-state index in [4.69, 9.17) is 9.68 Å². The van der Waals surface area contributed by atoms with E-state index in [1.54, 1.807) is 24.3 Å². The van der Waals surface area contributed by atoms with Gasteiger partial charge in [0.25, 0.3) is 43.9 Å². The molecule has 2 aromatic rings. The number of unbranched alkanes of at least 4 members (excludes halogenated alkanes) is 4. The van der Waals surface area contributed by atoms with Crippen molar-refractivity contribution in [2.75, 3.05) is 18.0 Å². The molecule has 2 aromatic carbocycles. The number of hydrogen-bond donors (Lipinski definition) is 2. The van der Waals surface area contributed by atoms with Crippen LogP contribution in [0.4, 0.5) is 11.4 Å². The van der Waals surface area contributed by atoms with E-state index in [0.29, 0.717) is 72.9 Å². The summed E-state index contributed by atoms with van der Waals surface area (Å²) in [6, 6.07) is 10.6. The van der Waals surface area contributed by atoms with Gasteiger partial charge in [0.2, 0.25) is 5.69 Å². The van der Waals surface area contributed by atoms with E-state index < -0.39 is 78.1 Å². The van der Waals surface area contributed by atoms with Gasteiger partial charge in [-0.3, -0.25) is 28.3 Å². The number of hydroxylamine groups is 4. The highest BCUT2D eigenvalue weighted by atomic mass is 32.2. The first kappa shape index (κ1) is 50.6. The maximum absolute atomic E-state index is 12.4. The molecule has 0 saturated carbocycles. The van der Waals surface area contributed by atoms with Crippen LogP contribution in [0.5, 0.6) is 0 Å². The molecule has 6 rings (SSSR count). The maximum Gasteiger partial charge on any atom is 0.333 e. The second-order valence-electron chi connectivity index (χ2n) is 18.1. The molecular formula is C47H57N4O14S2+. The van der Waals surface area contributed by atoms with Crippen molar-refractivity contribution in [1.29, 1.82) is 0 Å². The molecule has 20 heteroatoms. The number of carbonyl (C=O) groups is 6. The zero-order valence-corrected chi connectivity index (χ0v) is 39.7. The van der Waals surface area contributed by atoms with E-state index in [1.165, 1.54) is 0 Å². The lowest BCUT2D eigenvalue weighted by molar-refractivity contribution is -0.438. The minimum Gasteiger partial charge on any atom is -0.344 e. The van der Waals surface area contributed by atoms with Crippen LogP contribution in [0.15, 0.2) is 72.5 Å². The van der Waals surface area contributed by atoms with E-state index in [-0.39, 0.29) is 38.5 Å². The van der Waals surface area contributed by atoms with Gasteiger partial charge in [0.05, 0.1) is 5.41 Å². The highest BCUT2D eigenvalue weighted by molar-refractivity contribution is 7.85. The number of allylic oxidation sites excluding steroid dienone is 6. The molecule has 4 aliphatic rings. The molecule has 360 valence electrons. The molecule has 2 saturated heterocycles. The van der Waals surface area contributed by atoms with Gasteiger partial charge in [0.15, 0.2) is 5.71 Å². The van der Waals surface area contributed by atoms with E-state index in [9.17, 15) is 54.7 Å². The Kier molecular flexibility index (Phi) is 15.5. The number of amides is 4. The lowest BCUT2D eigenvalue weighted by atomic mass is 9.81. The average Bonchev–Trinajstić information content (AvgIpc) is 3.86. The summed E-state index contributed by atoms with van der Waals surface area (Å²) in [5.41, 5.74) is 4.96. The van der Waals surface area contributed by atoms with E-state index >= 15 is 0 Å². The van der Waals surface area contributed by atoms with Crippen molar-refractivity contribution in [2.45, 2.75) is 127 Å². The molecule has 0 aliphatic carbocycles. The monoisotopic (exact) mass is 965 g/mol. The fraction of sp³-hybridized carbons (Fsp3) is 0.468. The summed E-state index contributed by atoms with van der Waals surface area (Å²) in [4.78, 5) is 84.3. The molecule has 0 radical (unpaired) electrons. The molecule has 2 N–H and O–H groups in total. The summed E-state index contributed by atoms with van der Waals surface area (Å²) >= 11 is 0. The van der Waals surface area contributed by atoms with E-state index in [1.807, 2.05) is 70.2 Å². The molecule has 4 aliphatic heterocycles. The Hall–Kier alpha value is -5.83. The number of anilines is 1. The largest absolute Gasteiger partial charge is 0.344 e. The van der Waals surface area contributed by atoms with Gasteiger partial charge >= 0.3 is 11.9 Å². The van der Waals surface area contributed by atoms with Crippen LogP contribution in [0.25, 0.3) is 0 Å². The molecule has 67 heavy (non-hydrogen) atoms. The molecule has 4 heterocycles. The maximum atomic E-state index is 12.4. The van der Waals surface area contributed by atoms with Gasteiger partial charge in [-0.2, -0.15) is 21.4 Å². The van der Waals surface area contributed by atoms with Crippen molar-refractivity contribution >= 4 is 72.9 Å². The Morgan fingerprint density at radius 2 is 1.16 bits per heavy atom. The summed E-state index contributed by atoms with van der Waals surface area (Å²) in [6.45, 7) is 9.18. The van der Waals surface area contributed by atoms with Crippen LogP contribution in [-0.4, -0.2) is 95.0 Å². The van der Waals surface area contributed by atoms with Crippen molar-refractivity contribution < 1.29 is 69.0 Å². The van der Waals surface area contributed by atoms with Crippen LogP contribution in [0.2, 0.25) is 0 Å². The number of benzene rings is 2. The number of fused-ring (bicyclic) bond motifs is 2. The first-order valence-electron chi connectivity index (χ1n) is 22.2. The number of imide groups is 2. The smallest absolute Gasteiger partial charge is 0.333 e. The Bertz CT molecular complexity index is 2670. The fourth-order valence-corrected chi connectivity index (χ4v) is 10.1. The van der Waals surface area contributed by atoms with Crippen molar-refractivity contribution in [2.24, 2.45) is 0 Å². The minimum atomic E-state index is -4.29. The summed E-state index contributed by atoms with van der Waals surface area (Å²) in [7, 11) is -8.57. The standard InChI is InChI=1S/C47H56N4O14S2/c1-46(2)34-28-32(30-66(58,59)60)18-20-36(34)48(26-12-6-10-16-44(56)64-50-40(52)22-23-41(50)53)38(46)14-8-5-9-15-39-47(3,4)35-29-33(31-67(61,62)63)19-21-37(35)49(39)27-13-7-11-17-45(57)65-51-42(54)24-25-43(51)55/h5,8-9,14-15,18-21,28-29H,6-7,10-13,16-17,22-27,30-31H2,1-4H3,(H-,58,59,60,61,62,63)/p+1. The molecular weight excluding hydrogens is 909 g/mol. The van der Waals surface area contributed by atoms with Gasteiger partial charge in [-0.05, 0) is 74.4 Å². The predicted molar refractivity (Wildman–Crippen MR) is 244 cm³/mol. The van der Waals surface area contributed by atoms with Crippen molar-refractivity contribution in [3.05, 3.63) is 94.7 Å². The summed E-state index contributed by atoms with van der Waals surface area (Å²) in [5.74, 6) is -4.57. The third-order valence-electron chi connectivity index (χ3n) is 12.3. The van der Waals surface area contributed by atoms with E-state index in [2.05, 4.69) is 9.48 Å². The molecule has 0 unspecified atom stereocenters. The fourth-order valence-electron chi connectivity index (χ4n) is 8.93. The summed E-state index contributed by atoms with van der Waals surface area (Å²) in [6.07, 6.45) is 13.2. The highest BCUT2D eigenvalue weighted by Crippen LogP contribution is 2.48. The number of hydrogen-bond acceptors (Lipinski definition) is 13. The Morgan fingerprint density at radius 1 is 0.657 bits per heavy atom.